The molecule has 114 valence electrons. The molecular weight excluding hydrogens is 235 g/mol. The first-order chi connectivity index (χ1) is 9.17. The monoisotopic (exact) mass is 270 g/mol. The van der Waals surface area contributed by atoms with Crippen LogP contribution in [0.15, 0.2) is 0 Å². The fraction of sp³-hybridized carbons (Fsp3) is 1.00. The second kappa shape index (κ2) is 9.77. The van der Waals surface area contributed by atoms with Crippen LogP contribution >= 0.6 is 0 Å². The van der Waals surface area contributed by atoms with Crippen molar-refractivity contribution in [3.8, 4) is 0 Å². The van der Waals surface area contributed by atoms with E-state index in [0.29, 0.717) is 5.92 Å². The molecule has 0 bridgehead atoms. The lowest BCUT2D eigenvalue weighted by atomic mass is 9.74. The number of hydrogen-bond donors (Lipinski definition) is 0. The molecule has 1 aliphatic carbocycles. The summed E-state index contributed by atoms with van der Waals surface area (Å²) >= 11 is 0. The van der Waals surface area contributed by atoms with E-state index < -0.39 is 6.17 Å². The Morgan fingerprint density at radius 2 is 1.68 bits per heavy atom. The molecule has 19 heavy (non-hydrogen) atoms. The van der Waals surface area contributed by atoms with E-state index in [0.717, 1.165) is 31.1 Å². The molecule has 0 N–H and O–H groups in total. The van der Waals surface area contributed by atoms with Crippen molar-refractivity contribution in [2.75, 3.05) is 0 Å². The normalized spacial score (nSPS) is 27.2. The van der Waals surface area contributed by atoms with Crippen molar-refractivity contribution in [3.05, 3.63) is 0 Å². The van der Waals surface area contributed by atoms with Crippen molar-refractivity contribution in [2.24, 2.45) is 17.8 Å². The first-order valence-electron chi connectivity index (χ1n) is 8.81. The zero-order valence-electron chi connectivity index (χ0n) is 13.5. The van der Waals surface area contributed by atoms with E-state index in [1.807, 2.05) is 0 Å². The van der Waals surface area contributed by atoms with Gasteiger partial charge in [-0.25, -0.2) is 4.39 Å². The largest absolute Gasteiger partial charge is 0.247 e. The van der Waals surface area contributed by atoms with Gasteiger partial charge in [-0.3, -0.25) is 0 Å². The molecule has 1 aliphatic rings. The van der Waals surface area contributed by atoms with Crippen LogP contribution in [0.25, 0.3) is 0 Å². The molecule has 0 aromatic rings. The minimum atomic E-state index is -0.546. The summed E-state index contributed by atoms with van der Waals surface area (Å²) in [6, 6.07) is 0. The predicted molar refractivity (Wildman–Crippen MR) is 83.2 cm³/mol. The van der Waals surface area contributed by atoms with Gasteiger partial charge < -0.3 is 0 Å². The number of unbranched alkanes of at least 4 members (excludes halogenated alkanes) is 2. The van der Waals surface area contributed by atoms with Gasteiger partial charge in [0.15, 0.2) is 0 Å². The molecule has 1 saturated carbocycles. The van der Waals surface area contributed by atoms with Crippen molar-refractivity contribution >= 4 is 0 Å². The van der Waals surface area contributed by atoms with Gasteiger partial charge in [-0.1, -0.05) is 65.7 Å². The highest BCUT2D eigenvalue weighted by Crippen LogP contribution is 2.37. The van der Waals surface area contributed by atoms with Crippen molar-refractivity contribution in [2.45, 2.75) is 97.6 Å². The molecule has 0 nitrogen and oxygen atoms in total. The molecular formula is C18H35F. The van der Waals surface area contributed by atoms with Crippen LogP contribution in [0.5, 0.6) is 0 Å². The maximum absolute atomic E-state index is 13.9. The van der Waals surface area contributed by atoms with E-state index in [1.165, 1.54) is 51.4 Å². The third kappa shape index (κ3) is 6.77. The molecule has 0 spiro atoms. The summed E-state index contributed by atoms with van der Waals surface area (Å²) in [6.07, 6.45) is 12.8. The lowest BCUT2D eigenvalue weighted by molar-refractivity contribution is 0.163. The highest BCUT2D eigenvalue weighted by molar-refractivity contribution is 4.77. The summed E-state index contributed by atoms with van der Waals surface area (Å²) in [5, 5.41) is 0. The van der Waals surface area contributed by atoms with Crippen LogP contribution in [0, 0.1) is 17.8 Å². The number of alkyl halides is 1. The molecule has 0 radical (unpaired) electrons. The Balaban J connectivity index is 2.17. The Bertz CT molecular complexity index is 206. The summed E-state index contributed by atoms with van der Waals surface area (Å²) in [7, 11) is 0. The third-order valence-corrected chi connectivity index (χ3v) is 5.14. The quantitative estimate of drug-likeness (QED) is 0.417. The average Bonchev–Trinajstić information content (AvgIpc) is 2.40. The molecule has 0 aromatic carbocycles. The first kappa shape index (κ1) is 17.0. The SMILES string of the molecule is CCCCCC(F)CC(C)C1CCC(CCC)CC1. The number of hydrogen-bond acceptors (Lipinski definition) is 0. The van der Waals surface area contributed by atoms with Crippen LogP contribution in [0.4, 0.5) is 4.39 Å². The lowest BCUT2D eigenvalue weighted by Crippen LogP contribution is -2.22. The minimum Gasteiger partial charge on any atom is -0.247 e. The van der Waals surface area contributed by atoms with Gasteiger partial charge in [0, 0.05) is 0 Å². The van der Waals surface area contributed by atoms with Gasteiger partial charge in [0.1, 0.15) is 6.17 Å². The molecule has 2 unspecified atom stereocenters. The van der Waals surface area contributed by atoms with Crippen LogP contribution in [-0.4, -0.2) is 6.17 Å². The summed E-state index contributed by atoms with van der Waals surface area (Å²) in [5.74, 6) is 2.37. The Morgan fingerprint density at radius 3 is 2.26 bits per heavy atom. The van der Waals surface area contributed by atoms with Crippen LogP contribution < -0.4 is 0 Å². The van der Waals surface area contributed by atoms with Gasteiger partial charge in [-0.15, -0.1) is 0 Å². The second-order valence-electron chi connectivity index (χ2n) is 6.88. The van der Waals surface area contributed by atoms with Gasteiger partial charge in [-0.2, -0.15) is 0 Å². The van der Waals surface area contributed by atoms with Crippen molar-refractivity contribution in [3.63, 3.8) is 0 Å². The smallest absolute Gasteiger partial charge is 0.100 e. The Hall–Kier alpha value is -0.0700. The van der Waals surface area contributed by atoms with Gasteiger partial charge >= 0.3 is 0 Å². The van der Waals surface area contributed by atoms with E-state index in [1.54, 1.807) is 0 Å². The van der Waals surface area contributed by atoms with E-state index in [2.05, 4.69) is 20.8 Å². The van der Waals surface area contributed by atoms with Crippen molar-refractivity contribution in [1.29, 1.82) is 0 Å². The summed E-state index contributed by atoms with van der Waals surface area (Å²) in [6.45, 7) is 6.76. The lowest BCUT2D eigenvalue weighted by Gasteiger charge is -2.32. The summed E-state index contributed by atoms with van der Waals surface area (Å²) in [4.78, 5) is 0. The first-order valence-corrected chi connectivity index (χ1v) is 8.81. The maximum atomic E-state index is 13.9. The topological polar surface area (TPSA) is 0 Å². The molecule has 0 heterocycles. The molecule has 0 saturated heterocycles. The zero-order valence-corrected chi connectivity index (χ0v) is 13.5. The minimum absolute atomic E-state index is 0.546. The van der Waals surface area contributed by atoms with Crippen LogP contribution in [0.3, 0.4) is 0 Å². The van der Waals surface area contributed by atoms with E-state index in [4.69, 9.17) is 0 Å². The fourth-order valence-corrected chi connectivity index (χ4v) is 3.78. The number of rotatable bonds is 9. The summed E-state index contributed by atoms with van der Waals surface area (Å²) < 4.78 is 13.9. The van der Waals surface area contributed by atoms with Crippen molar-refractivity contribution in [1.82, 2.24) is 0 Å². The zero-order chi connectivity index (χ0) is 14.1. The molecule has 2 atom stereocenters. The van der Waals surface area contributed by atoms with Crippen molar-refractivity contribution < 1.29 is 4.39 Å². The van der Waals surface area contributed by atoms with Gasteiger partial charge in [-0.05, 0) is 43.4 Å². The van der Waals surface area contributed by atoms with Crippen LogP contribution in [-0.2, 0) is 0 Å². The van der Waals surface area contributed by atoms with E-state index >= 15 is 0 Å². The summed E-state index contributed by atoms with van der Waals surface area (Å²) in [5.41, 5.74) is 0. The second-order valence-corrected chi connectivity index (χ2v) is 6.88. The molecule has 1 fully saturated rings. The highest BCUT2D eigenvalue weighted by Gasteiger charge is 2.26. The highest BCUT2D eigenvalue weighted by atomic mass is 19.1. The molecule has 1 rings (SSSR count). The molecule has 1 heteroatoms. The molecule has 0 aromatic heterocycles. The third-order valence-electron chi connectivity index (χ3n) is 5.14. The van der Waals surface area contributed by atoms with Crippen LogP contribution in [0.1, 0.15) is 91.4 Å². The van der Waals surface area contributed by atoms with Crippen LogP contribution in [0.2, 0.25) is 0 Å². The Kier molecular flexibility index (Phi) is 8.74. The van der Waals surface area contributed by atoms with E-state index in [-0.39, 0.29) is 0 Å². The van der Waals surface area contributed by atoms with Gasteiger partial charge in [0.05, 0.1) is 0 Å². The standard InChI is InChI=1S/C18H35F/c1-4-6-7-9-18(19)14-15(3)17-12-10-16(8-5-2)11-13-17/h15-18H,4-14H2,1-3H3. The van der Waals surface area contributed by atoms with E-state index in [9.17, 15) is 4.39 Å². The van der Waals surface area contributed by atoms with Gasteiger partial charge in [0.25, 0.3) is 0 Å². The predicted octanol–water partition coefficient (Wildman–Crippen LogP) is 6.54. The average molecular weight is 270 g/mol. The molecule has 0 aliphatic heterocycles. The number of halogens is 1. The van der Waals surface area contributed by atoms with Gasteiger partial charge in [0.2, 0.25) is 0 Å². The fourth-order valence-electron chi connectivity index (χ4n) is 3.78. The molecule has 0 amide bonds. The Morgan fingerprint density at radius 1 is 1.00 bits per heavy atom. The maximum Gasteiger partial charge on any atom is 0.100 e. The Labute approximate surface area is 120 Å².